The molecular formula is C17H17ClN2O4. The molecule has 1 aliphatic rings. The molecule has 0 bridgehead atoms. The van der Waals surface area contributed by atoms with Gasteiger partial charge in [0.15, 0.2) is 11.5 Å². The maximum atomic E-state index is 12.2. The van der Waals surface area contributed by atoms with Crippen molar-refractivity contribution in [1.82, 2.24) is 4.98 Å². The van der Waals surface area contributed by atoms with Gasteiger partial charge in [-0.3, -0.25) is 9.78 Å². The highest BCUT2D eigenvalue weighted by molar-refractivity contribution is 6.30. The third kappa shape index (κ3) is 2.73. The Balaban J connectivity index is 2.23. The minimum Gasteiger partial charge on any atom is -0.493 e. The van der Waals surface area contributed by atoms with Gasteiger partial charge in [-0.15, -0.1) is 0 Å². The van der Waals surface area contributed by atoms with Gasteiger partial charge in [-0.2, -0.15) is 0 Å². The number of methoxy groups -OCH3 is 3. The second-order valence-electron chi connectivity index (χ2n) is 5.31. The summed E-state index contributed by atoms with van der Waals surface area (Å²) in [4.78, 5) is 16.5. The van der Waals surface area contributed by atoms with Gasteiger partial charge in [0.05, 0.1) is 32.0 Å². The maximum Gasteiger partial charge on any atom is 0.225 e. The van der Waals surface area contributed by atoms with Gasteiger partial charge in [0, 0.05) is 35.9 Å². The topological polar surface area (TPSA) is 69.7 Å². The summed E-state index contributed by atoms with van der Waals surface area (Å²) in [5.41, 5.74) is 2.17. The molecule has 0 saturated heterocycles. The predicted octanol–water partition coefficient (Wildman–Crippen LogP) is 3.23. The summed E-state index contributed by atoms with van der Waals surface area (Å²) in [6, 6.07) is 5.30. The molecule has 1 aromatic heterocycles. The molecule has 0 radical (unpaired) electrons. The molecule has 7 heteroatoms. The molecule has 126 valence electrons. The van der Waals surface area contributed by atoms with Crippen LogP contribution in [0.5, 0.6) is 17.2 Å². The van der Waals surface area contributed by atoms with Crippen LogP contribution in [0.25, 0.3) is 0 Å². The fourth-order valence-electron chi connectivity index (χ4n) is 2.96. The second-order valence-corrected chi connectivity index (χ2v) is 5.75. The van der Waals surface area contributed by atoms with Crippen molar-refractivity contribution in [3.63, 3.8) is 0 Å². The first-order valence-corrected chi connectivity index (χ1v) is 7.71. The first-order chi connectivity index (χ1) is 11.6. The average Bonchev–Trinajstić information content (AvgIpc) is 2.59. The fraction of sp³-hybridized carbons (Fsp3) is 0.294. The molecular weight excluding hydrogens is 332 g/mol. The molecule has 0 aliphatic carbocycles. The summed E-state index contributed by atoms with van der Waals surface area (Å²) >= 11 is 5.92. The number of anilines is 1. The molecule has 0 spiro atoms. The number of hydrogen-bond acceptors (Lipinski definition) is 5. The van der Waals surface area contributed by atoms with Crippen LogP contribution in [-0.2, 0) is 4.79 Å². The minimum atomic E-state index is -0.263. The Hall–Kier alpha value is -2.47. The lowest BCUT2D eigenvalue weighted by atomic mass is 9.86. The van der Waals surface area contributed by atoms with Crippen LogP contribution in [0.1, 0.15) is 23.6 Å². The first-order valence-electron chi connectivity index (χ1n) is 7.33. The highest BCUT2D eigenvalue weighted by Gasteiger charge is 2.34. The maximum absolute atomic E-state index is 12.2. The van der Waals surface area contributed by atoms with Crippen molar-refractivity contribution in [3.05, 3.63) is 40.7 Å². The van der Waals surface area contributed by atoms with Gasteiger partial charge >= 0.3 is 0 Å². The number of fused-ring (bicyclic) bond motifs is 1. The quantitative estimate of drug-likeness (QED) is 0.918. The van der Waals surface area contributed by atoms with Gasteiger partial charge in [0.2, 0.25) is 11.7 Å². The Kier molecular flexibility index (Phi) is 4.49. The van der Waals surface area contributed by atoms with Crippen molar-refractivity contribution in [3.8, 4) is 17.2 Å². The van der Waals surface area contributed by atoms with E-state index in [1.54, 1.807) is 32.5 Å². The lowest BCUT2D eigenvalue weighted by molar-refractivity contribution is -0.116. The molecule has 24 heavy (non-hydrogen) atoms. The molecule has 0 fully saturated rings. The number of amides is 1. The Morgan fingerprint density at radius 3 is 2.50 bits per heavy atom. The zero-order valence-electron chi connectivity index (χ0n) is 13.6. The van der Waals surface area contributed by atoms with Crippen molar-refractivity contribution < 1.29 is 19.0 Å². The van der Waals surface area contributed by atoms with E-state index in [1.807, 2.05) is 6.07 Å². The van der Waals surface area contributed by atoms with E-state index in [0.29, 0.717) is 28.0 Å². The Bertz CT molecular complexity index is 777. The van der Waals surface area contributed by atoms with Crippen LogP contribution in [0.4, 0.5) is 5.69 Å². The summed E-state index contributed by atoms with van der Waals surface area (Å²) < 4.78 is 16.4. The molecule has 3 rings (SSSR count). The van der Waals surface area contributed by atoms with Crippen LogP contribution in [0.2, 0.25) is 5.02 Å². The number of nitrogens with zero attached hydrogens (tertiary/aromatic N) is 1. The van der Waals surface area contributed by atoms with Gasteiger partial charge in [0.25, 0.3) is 0 Å². The van der Waals surface area contributed by atoms with Crippen molar-refractivity contribution in [2.24, 2.45) is 0 Å². The molecule has 1 atom stereocenters. The number of pyridine rings is 1. The van der Waals surface area contributed by atoms with Crippen molar-refractivity contribution in [2.75, 3.05) is 26.6 Å². The average molecular weight is 349 g/mol. The van der Waals surface area contributed by atoms with Gasteiger partial charge in [-0.1, -0.05) is 11.6 Å². The first kappa shape index (κ1) is 16.4. The van der Waals surface area contributed by atoms with Gasteiger partial charge in [-0.25, -0.2) is 0 Å². The summed E-state index contributed by atoms with van der Waals surface area (Å²) in [6.45, 7) is 0. The van der Waals surface area contributed by atoms with Crippen molar-refractivity contribution >= 4 is 23.2 Å². The molecule has 1 aliphatic heterocycles. The second kappa shape index (κ2) is 6.57. The van der Waals surface area contributed by atoms with E-state index in [9.17, 15) is 4.79 Å². The number of hydrogen-bond donors (Lipinski definition) is 1. The van der Waals surface area contributed by atoms with E-state index in [-0.39, 0.29) is 18.2 Å². The van der Waals surface area contributed by atoms with Crippen LogP contribution in [-0.4, -0.2) is 32.2 Å². The lowest BCUT2D eigenvalue weighted by Gasteiger charge is -2.29. The SMILES string of the molecule is COc1cc2c(c(OC)c1OC)C(c1ccc(Cl)cn1)CC(=O)N2. The number of carbonyl (C=O) groups excluding carboxylic acids is 1. The normalized spacial score (nSPS) is 16.2. The zero-order valence-corrected chi connectivity index (χ0v) is 14.3. The number of aromatic nitrogens is 1. The summed E-state index contributed by atoms with van der Waals surface area (Å²) in [5, 5.41) is 3.40. The summed E-state index contributed by atoms with van der Waals surface area (Å²) in [6.07, 6.45) is 1.82. The Morgan fingerprint density at radius 2 is 1.92 bits per heavy atom. The largest absolute Gasteiger partial charge is 0.493 e. The van der Waals surface area contributed by atoms with E-state index in [4.69, 9.17) is 25.8 Å². The monoisotopic (exact) mass is 348 g/mol. The molecule has 6 nitrogen and oxygen atoms in total. The zero-order chi connectivity index (χ0) is 17.3. The van der Waals surface area contributed by atoms with Crippen molar-refractivity contribution in [2.45, 2.75) is 12.3 Å². The van der Waals surface area contributed by atoms with Gasteiger partial charge in [-0.05, 0) is 12.1 Å². The number of rotatable bonds is 4. The highest BCUT2D eigenvalue weighted by atomic mass is 35.5. The molecule has 0 saturated carbocycles. The summed E-state index contributed by atoms with van der Waals surface area (Å²) in [5.74, 6) is 1.12. The van der Waals surface area contributed by atoms with E-state index >= 15 is 0 Å². The van der Waals surface area contributed by atoms with Gasteiger partial charge < -0.3 is 19.5 Å². The Labute approximate surface area is 144 Å². The van der Waals surface area contributed by atoms with Crippen LogP contribution < -0.4 is 19.5 Å². The lowest BCUT2D eigenvalue weighted by Crippen LogP contribution is -2.25. The highest BCUT2D eigenvalue weighted by Crippen LogP contribution is 2.50. The molecule has 2 heterocycles. The van der Waals surface area contributed by atoms with E-state index in [1.165, 1.54) is 7.11 Å². The van der Waals surface area contributed by atoms with Crippen LogP contribution in [0, 0.1) is 0 Å². The number of benzene rings is 1. The van der Waals surface area contributed by atoms with E-state index in [0.717, 1.165) is 11.3 Å². The Morgan fingerprint density at radius 1 is 1.17 bits per heavy atom. The number of halogens is 1. The molecule has 1 N–H and O–H groups in total. The standard InChI is InChI=1S/C17H17ClN2O4/c1-22-13-7-12-15(17(24-3)16(13)23-2)10(6-14(21)20-12)11-5-4-9(18)8-19-11/h4-5,7-8,10H,6H2,1-3H3,(H,20,21). The predicted molar refractivity (Wildman–Crippen MR) is 90.4 cm³/mol. The van der Waals surface area contributed by atoms with E-state index < -0.39 is 0 Å². The number of carbonyl (C=O) groups is 1. The molecule has 1 aromatic carbocycles. The number of nitrogens with one attached hydrogen (secondary N) is 1. The fourth-order valence-corrected chi connectivity index (χ4v) is 3.07. The smallest absolute Gasteiger partial charge is 0.225 e. The summed E-state index contributed by atoms with van der Waals surface area (Å²) in [7, 11) is 4.64. The van der Waals surface area contributed by atoms with Crippen LogP contribution >= 0.6 is 11.6 Å². The third-order valence-corrected chi connectivity index (χ3v) is 4.21. The minimum absolute atomic E-state index is 0.0986. The van der Waals surface area contributed by atoms with Crippen LogP contribution in [0.15, 0.2) is 24.4 Å². The molecule has 1 unspecified atom stereocenters. The molecule has 1 amide bonds. The van der Waals surface area contributed by atoms with Gasteiger partial charge in [0.1, 0.15) is 0 Å². The van der Waals surface area contributed by atoms with E-state index in [2.05, 4.69) is 10.3 Å². The third-order valence-electron chi connectivity index (χ3n) is 3.99. The van der Waals surface area contributed by atoms with Crippen LogP contribution in [0.3, 0.4) is 0 Å². The van der Waals surface area contributed by atoms with Crippen molar-refractivity contribution in [1.29, 1.82) is 0 Å². The number of ether oxygens (including phenoxy) is 3. The molecule has 2 aromatic rings.